The number of aliphatic hydroxyl groups is 1. The van der Waals surface area contributed by atoms with Crippen molar-refractivity contribution in [1.29, 1.82) is 0 Å². The van der Waals surface area contributed by atoms with Crippen molar-refractivity contribution in [2.75, 3.05) is 27.7 Å². The number of carboxylic acid groups (broad SMARTS) is 1. The lowest BCUT2D eigenvalue weighted by Crippen LogP contribution is -2.56. The molecule has 30 heavy (non-hydrogen) atoms. The van der Waals surface area contributed by atoms with Crippen molar-refractivity contribution in [1.82, 2.24) is 0 Å². The number of Topliss-reactive ketones (excluding diaryl/α,β-unsaturated/α-hetero) is 1. The van der Waals surface area contributed by atoms with Crippen molar-refractivity contribution in [2.45, 2.75) is 106 Å². The zero-order valence-corrected chi connectivity index (χ0v) is 22.4. The fourth-order valence-electron chi connectivity index (χ4n) is 3.85. The quantitative estimate of drug-likeness (QED) is 0.134. The van der Waals surface area contributed by atoms with Crippen LogP contribution in [0, 0.1) is 0 Å². The lowest BCUT2D eigenvalue weighted by Gasteiger charge is -2.34. The minimum Gasteiger partial charge on any atom is -0.550 e. The summed E-state index contributed by atoms with van der Waals surface area (Å²) in [6, 6.07) is 0. The summed E-state index contributed by atoms with van der Waals surface area (Å²) in [7, 11) is 5.49. The van der Waals surface area contributed by atoms with E-state index >= 15 is 0 Å². The maximum Gasteiger partial charge on any atom is 0.177 e. The molecule has 0 saturated heterocycles. The summed E-state index contributed by atoms with van der Waals surface area (Å²) in [5.74, 6) is -1.76. The molecule has 0 aromatic heterocycles. The second-order valence-electron chi connectivity index (χ2n) is 9.62. The summed E-state index contributed by atoms with van der Waals surface area (Å²) in [4.78, 5) is 23.4. The van der Waals surface area contributed by atoms with E-state index in [9.17, 15) is 19.8 Å². The number of rotatable bonds is 20. The Morgan fingerprint density at radius 2 is 1.23 bits per heavy atom. The van der Waals surface area contributed by atoms with Gasteiger partial charge >= 0.3 is 0 Å². The number of ketones is 1. The Kier molecular flexibility index (Phi) is 16.6. The minimum absolute atomic E-state index is 0.0767. The molecule has 0 fully saturated rings. The van der Waals surface area contributed by atoms with E-state index in [-0.39, 0.29) is 18.7 Å². The van der Waals surface area contributed by atoms with Crippen LogP contribution in [0.25, 0.3) is 0 Å². The Bertz CT molecular complexity index is 480. The zero-order valence-electron chi connectivity index (χ0n) is 19.3. The molecular formula is C23H43Br2NO4. The van der Waals surface area contributed by atoms with E-state index in [0.29, 0.717) is 14.6 Å². The van der Waals surface area contributed by atoms with E-state index in [4.69, 9.17) is 0 Å². The van der Waals surface area contributed by atoms with E-state index in [1.807, 2.05) is 21.1 Å². The molecule has 0 radical (unpaired) electrons. The maximum absolute atomic E-state index is 12.5. The summed E-state index contributed by atoms with van der Waals surface area (Å²) in [5.41, 5.74) is -1.83. The van der Waals surface area contributed by atoms with E-state index in [2.05, 4.69) is 31.9 Å². The molecule has 178 valence electrons. The number of nitrogens with zero attached hydrogens (tertiary/aromatic N) is 1. The highest BCUT2D eigenvalue weighted by atomic mass is 79.9. The first-order valence-electron chi connectivity index (χ1n) is 11.5. The van der Waals surface area contributed by atoms with Gasteiger partial charge in [0.05, 0.1) is 24.9 Å². The molecule has 0 aromatic rings. The fourth-order valence-corrected chi connectivity index (χ4v) is 4.50. The van der Waals surface area contributed by atoms with Gasteiger partial charge < -0.3 is 19.5 Å². The third kappa shape index (κ3) is 17.7. The van der Waals surface area contributed by atoms with Gasteiger partial charge in [-0.1, -0.05) is 102 Å². The highest BCUT2D eigenvalue weighted by molar-refractivity contribution is 9.24. The molecule has 0 saturated carbocycles. The molecule has 1 N–H and O–H groups in total. The summed E-state index contributed by atoms with van der Waals surface area (Å²) >= 11 is 7.01. The first-order chi connectivity index (χ1) is 14.0. The Hall–Kier alpha value is 0.0200. The molecule has 0 aliphatic carbocycles. The highest BCUT2D eigenvalue weighted by Crippen LogP contribution is 2.20. The first kappa shape index (κ1) is 30.0. The number of unbranched alkanes of at least 4 members (excludes halogenated alkanes) is 11. The Balaban J connectivity index is 3.77. The fraction of sp³-hybridized carbons (Fsp3) is 0.913. The molecule has 0 amide bonds. The average molecular weight is 557 g/mol. The Morgan fingerprint density at radius 3 is 1.60 bits per heavy atom. The van der Waals surface area contributed by atoms with Gasteiger partial charge in [-0.25, -0.2) is 0 Å². The first-order valence-corrected chi connectivity index (χ1v) is 13.3. The largest absolute Gasteiger partial charge is 0.550 e. The highest BCUT2D eigenvalue weighted by Gasteiger charge is 2.40. The van der Waals surface area contributed by atoms with Crippen molar-refractivity contribution in [3.05, 3.63) is 0 Å². The van der Waals surface area contributed by atoms with E-state index in [1.165, 1.54) is 64.2 Å². The minimum atomic E-state index is -1.83. The van der Waals surface area contributed by atoms with Gasteiger partial charge in [0, 0.05) is 18.8 Å². The second-order valence-corrected chi connectivity index (χ2v) is 13.1. The number of alkyl halides is 2. The Morgan fingerprint density at radius 1 is 0.833 bits per heavy atom. The lowest BCUT2D eigenvalue weighted by molar-refractivity contribution is -0.875. The number of hydrogen-bond acceptors (Lipinski definition) is 4. The SMILES string of the molecule is C[N+](C)(C)CC(O)(CC(=O)[O-])C(=O)CCCCCCCCCCCCCCC(Br)Br. The number of carboxylic acids is 1. The molecule has 0 rings (SSSR count). The molecule has 1 unspecified atom stereocenters. The average Bonchev–Trinajstić information content (AvgIpc) is 2.59. The standard InChI is InChI=1S/C23H43Br2NO4/c1-26(2,3)19-23(30,18-22(28)29)20(27)16-14-12-10-8-6-4-5-7-9-11-13-15-17-21(24)25/h21,30H,4-19H2,1-3H3. The van der Waals surface area contributed by atoms with Gasteiger partial charge in [-0.2, -0.15) is 0 Å². The van der Waals surface area contributed by atoms with Gasteiger partial charge in [0.25, 0.3) is 0 Å². The van der Waals surface area contributed by atoms with Crippen LogP contribution in [-0.2, 0) is 9.59 Å². The van der Waals surface area contributed by atoms with Gasteiger partial charge in [0.1, 0.15) is 6.54 Å². The molecule has 0 aliphatic heterocycles. The topological polar surface area (TPSA) is 77.4 Å². The molecule has 0 bridgehead atoms. The molecule has 0 aromatic carbocycles. The number of quaternary nitrogens is 1. The van der Waals surface area contributed by atoms with Crippen LogP contribution >= 0.6 is 31.9 Å². The van der Waals surface area contributed by atoms with Crippen molar-refractivity contribution in [3.8, 4) is 0 Å². The summed E-state index contributed by atoms with van der Waals surface area (Å²) < 4.78 is 0.781. The third-order valence-electron chi connectivity index (χ3n) is 5.27. The summed E-state index contributed by atoms with van der Waals surface area (Å²) in [6.07, 6.45) is 15.1. The van der Waals surface area contributed by atoms with Gasteiger partial charge in [0.2, 0.25) is 0 Å². The Labute approximate surface area is 200 Å². The number of likely N-dealkylation sites (N-methyl/N-ethyl adjacent to an activating group) is 1. The predicted molar refractivity (Wildman–Crippen MR) is 129 cm³/mol. The second kappa shape index (κ2) is 16.6. The summed E-state index contributed by atoms with van der Waals surface area (Å²) in [6.45, 7) is 0.0767. The lowest BCUT2D eigenvalue weighted by atomic mass is 9.89. The number of carbonyl (C=O) groups is 2. The number of hydrogen-bond donors (Lipinski definition) is 1. The third-order valence-corrected chi connectivity index (χ3v) is 6.18. The van der Waals surface area contributed by atoms with E-state index in [0.717, 1.165) is 12.8 Å². The number of aliphatic carboxylic acids is 1. The van der Waals surface area contributed by atoms with Crippen LogP contribution < -0.4 is 5.11 Å². The number of halogens is 2. The summed E-state index contributed by atoms with van der Waals surface area (Å²) in [5, 5.41) is 21.6. The molecule has 1 atom stereocenters. The molecular weight excluding hydrogens is 514 g/mol. The van der Waals surface area contributed by atoms with Crippen LogP contribution in [0.5, 0.6) is 0 Å². The van der Waals surface area contributed by atoms with Crippen LogP contribution in [0.4, 0.5) is 0 Å². The monoisotopic (exact) mass is 555 g/mol. The van der Waals surface area contributed by atoms with Crippen molar-refractivity contribution < 1.29 is 24.3 Å². The number of carbonyl (C=O) groups excluding carboxylic acids is 2. The van der Waals surface area contributed by atoms with Crippen LogP contribution in [-0.4, -0.2) is 58.4 Å². The van der Waals surface area contributed by atoms with Crippen molar-refractivity contribution >= 4 is 43.6 Å². The molecule has 0 aliphatic rings. The van der Waals surface area contributed by atoms with Crippen molar-refractivity contribution in [2.24, 2.45) is 0 Å². The maximum atomic E-state index is 12.5. The van der Waals surface area contributed by atoms with Gasteiger partial charge in [-0.15, -0.1) is 0 Å². The van der Waals surface area contributed by atoms with Crippen LogP contribution in [0.1, 0.15) is 96.3 Å². The smallest absolute Gasteiger partial charge is 0.177 e. The zero-order chi connectivity index (χ0) is 23.0. The van der Waals surface area contributed by atoms with Gasteiger partial charge in [-0.3, -0.25) is 4.79 Å². The van der Waals surface area contributed by atoms with Gasteiger partial charge in [0.15, 0.2) is 11.4 Å². The van der Waals surface area contributed by atoms with Gasteiger partial charge in [-0.05, 0) is 12.8 Å². The van der Waals surface area contributed by atoms with Crippen molar-refractivity contribution in [3.63, 3.8) is 0 Å². The van der Waals surface area contributed by atoms with Crippen LogP contribution in [0.3, 0.4) is 0 Å². The molecule has 0 spiro atoms. The predicted octanol–water partition coefficient (Wildman–Crippen LogP) is 4.71. The van der Waals surface area contributed by atoms with E-state index < -0.39 is 18.0 Å². The normalized spacial score (nSPS) is 14.1. The molecule has 5 nitrogen and oxygen atoms in total. The van der Waals surface area contributed by atoms with Crippen LogP contribution in [0.2, 0.25) is 0 Å². The van der Waals surface area contributed by atoms with Crippen LogP contribution in [0.15, 0.2) is 0 Å². The molecule has 7 heteroatoms. The van der Waals surface area contributed by atoms with E-state index in [1.54, 1.807) is 0 Å². The molecule has 0 heterocycles.